The van der Waals surface area contributed by atoms with Crippen molar-refractivity contribution in [2.45, 2.75) is 38.7 Å². The van der Waals surface area contributed by atoms with Crippen molar-refractivity contribution in [2.75, 3.05) is 24.6 Å². The van der Waals surface area contributed by atoms with Gasteiger partial charge in [0.1, 0.15) is 11.9 Å². The van der Waals surface area contributed by atoms with E-state index in [1.807, 2.05) is 53.9 Å². The minimum absolute atomic E-state index is 0.0357. The number of hydrogen-bond donors (Lipinski definition) is 1. The van der Waals surface area contributed by atoms with Gasteiger partial charge in [-0.3, -0.25) is 14.7 Å². The lowest BCUT2D eigenvalue weighted by atomic mass is 9.94. The number of aromatic nitrogens is 3. The SMILES string of the molecule is Cc1nc2cc([C@H]3CCCN(C(=O)c4ccc(OC5CSC5)cc4)C3)[nH]n2c(=O)c1C. The summed E-state index contributed by atoms with van der Waals surface area (Å²) in [6.07, 6.45) is 2.18. The van der Waals surface area contributed by atoms with Crippen molar-refractivity contribution < 1.29 is 9.53 Å². The van der Waals surface area contributed by atoms with Gasteiger partial charge in [0.05, 0.1) is 0 Å². The molecule has 0 unspecified atom stereocenters. The molecule has 1 amide bonds. The number of piperidine rings is 1. The molecule has 1 atom stereocenters. The Morgan fingerprint density at radius 3 is 2.71 bits per heavy atom. The summed E-state index contributed by atoms with van der Waals surface area (Å²) < 4.78 is 7.39. The van der Waals surface area contributed by atoms with Crippen molar-refractivity contribution in [2.24, 2.45) is 0 Å². The molecule has 0 saturated carbocycles. The smallest absolute Gasteiger partial charge is 0.275 e. The highest BCUT2D eigenvalue weighted by Crippen LogP contribution is 2.28. The van der Waals surface area contributed by atoms with Gasteiger partial charge >= 0.3 is 0 Å². The van der Waals surface area contributed by atoms with E-state index in [9.17, 15) is 9.59 Å². The fourth-order valence-electron chi connectivity index (χ4n) is 4.20. The number of nitrogens with zero attached hydrogens (tertiary/aromatic N) is 3. The lowest BCUT2D eigenvalue weighted by molar-refractivity contribution is 0.0705. The fraction of sp³-hybridized carbons (Fsp3) is 0.435. The third-order valence-electron chi connectivity index (χ3n) is 6.26. The summed E-state index contributed by atoms with van der Waals surface area (Å²) in [6, 6.07) is 9.42. The zero-order valence-electron chi connectivity index (χ0n) is 17.8. The average Bonchev–Trinajstić information content (AvgIpc) is 3.19. The number of hydrogen-bond acceptors (Lipinski definition) is 5. The van der Waals surface area contributed by atoms with Crippen molar-refractivity contribution in [1.29, 1.82) is 0 Å². The number of fused-ring (bicyclic) bond motifs is 1. The van der Waals surface area contributed by atoms with Crippen LogP contribution in [0.5, 0.6) is 5.75 Å². The molecule has 7 nitrogen and oxygen atoms in total. The number of rotatable bonds is 4. The Balaban J connectivity index is 1.32. The van der Waals surface area contributed by atoms with Crippen molar-refractivity contribution in [3.63, 3.8) is 0 Å². The summed E-state index contributed by atoms with van der Waals surface area (Å²) in [5.74, 6) is 3.07. The fourth-order valence-corrected chi connectivity index (χ4v) is 4.76. The van der Waals surface area contributed by atoms with Crippen LogP contribution in [0.1, 0.15) is 46.1 Å². The number of ether oxygens (including phenoxy) is 1. The minimum Gasteiger partial charge on any atom is -0.489 e. The van der Waals surface area contributed by atoms with Gasteiger partial charge in [-0.2, -0.15) is 11.8 Å². The molecule has 2 aromatic heterocycles. The summed E-state index contributed by atoms with van der Waals surface area (Å²) in [5.41, 5.74) is 3.59. The first-order valence-electron chi connectivity index (χ1n) is 10.7. The highest BCUT2D eigenvalue weighted by molar-refractivity contribution is 8.00. The lowest BCUT2D eigenvalue weighted by Crippen LogP contribution is -2.39. The molecule has 1 N–H and O–H groups in total. The van der Waals surface area contributed by atoms with E-state index in [2.05, 4.69) is 10.1 Å². The second-order valence-electron chi connectivity index (χ2n) is 8.42. The molecule has 8 heteroatoms. The first-order valence-corrected chi connectivity index (χ1v) is 11.9. The molecule has 4 heterocycles. The standard InChI is InChI=1S/C23H26N4O3S/c1-14-15(2)24-21-10-20(25-27(21)22(14)28)17-4-3-9-26(11-17)23(29)16-5-7-18(8-6-16)30-19-12-31-13-19/h5-8,10,17,19,25H,3-4,9,11-13H2,1-2H3/t17-/m0/s1. The Kier molecular flexibility index (Phi) is 5.25. The van der Waals surface area contributed by atoms with Crippen LogP contribution in [0.25, 0.3) is 5.65 Å². The predicted molar refractivity (Wildman–Crippen MR) is 121 cm³/mol. The van der Waals surface area contributed by atoms with Crippen LogP contribution in [0, 0.1) is 13.8 Å². The van der Waals surface area contributed by atoms with Crippen LogP contribution in [0.3, 0.4) is 0 Å². The number of thioether (sulfide) groups is 1. The van der Waals surface area contributed by atoms with E-state index in [1.54, 1.807) is 6.92 Å². The molecule has 0 spiro atoms. The highest BCUT2D eigenvalue weighted by Gasteiger charge is 2.27. The number of amides is 1. The van der Waals surface area contributed by atoms with Crippen molar-refractivity contribution in [3.05, 3.63) is 63.2 Å². The lowest BCUT2D eigenvalue weighted by Gasteiger charge is -2.32. The van der Waals surface area contributed by atoms with Crippen LogP contribution in [-0.2, 0) is 0 Å². The van der Waals surface area contributed by atoms with Crippen molar-refractivity contribution in [1.82, 2.24) is 19.5 Å². The Morgan fingerprint density at radius 2 is 2.00 bits per heavy atom. The zero-order chi connectivity index (χ0) is 21.5. The van der Waals surface area contributed by atoms with E-state index in [0.717, 1.165) is 48.0 Å². The molecule has 31 heavy (non-hydrogen) atoms. The van der Waals surface area contributed by atoms with Crippen LogP contribution < -0.4 is 10.3 Å². The normalized spacial score (nSPS) is 19.4. The maximum atomic E-state index is 13.1. The molecule has 2 fully saturated rings. The Bertz CT molecular complexity index is 1180. The molecular weight excluding hydrogens is 412 g/mol. The second-order valence-corrected chi connectivity index (χ2v) is 9.50. The number of nitrogens with one attached hydrogen (secondary N) is 1. The van der Waals surface area contributed by atoms with Gasteiger partial charge in [-0.05, 0) is 51.0 Å². The summed E-state index contributed by atoms with van der Waals surface area (Å²) in [6.45, 7) is 5.01. The van der Waals surface area contributed by atoms with E-state index in [0.29, 0.717) is 29.4 Å². The van der Waals surface area contributed by atoms with E-state index < -0.39 is 0 Å². The van der Waals surface area contributed by atoms with Gasteiger partial charge in [-0.1, -0.05) is 0 Å². The number of carbonyl (C=O) groups excluding carboxylic acids is 1. The summed E-state index contributed by atoms with van der Waals surface area (Å²) in [4.78, 5) is 32.1. The van der Waals surface area contributed by atoms with Crippen LogP contribution in [0.2, 0.25) is 0 Å². The summed E-state index contributed by atoms with van der Waals surface area (Å²) in [7, 11) is 0. The van der Waals surface area contributed by atoms with E-state index in [-0.39, 0.29) is 17.4 Å². The van der Waals surface area contributed by atoms with Crippen LogP contribution in [-0.4, -0.2) is 56.1 Å². The minimum atomic E-state index is -0.0692. The van der Waals surface area contributed by atoms with Gasteiger partial charge in [-0.25, -0.2) is 9.50 Å². The van der Waals surface area contributed by atoms with Crippen LogP contribution >= 0.6 is 11.8 Å². The Hall–Kier alpha value is -2.74. The van der Waals surface area contributed by atoms with Gasteiger partial charge in [0, 0.05) is 59.1 Å². The Morgan fingerprint density at radius 1 is 1.23 bits per heavy atom. The zero-order valence-corrected chi connectivity index (χ0v) is 18.6. The average molecular weight is 439 g/mol. The van der Waals surface area contributed by atoms with Gasteiger partial charge in [-0.15, -0.1) is 0 Å². The largest absolute Gasteiger partial charge is 0.489 e. The van der Waals surface area contributed by atoms with E-state index in [4.69, 9.17) is 4.74 Å². The van der Waals surface area contributed by atoms with Crippen molar-refractivity contribution >= 4 is 23.3 Å². The molecule has 162 valence electrons. The second kappa shape index (κ2) is 8.07. The molecular formula is C23H26N4O3S. The topological polar surface area (TPSA) is 79.7 Å². The number of carbonyl (C=O) groups is 1. The molecule has 2 aliphatic heterocycles. The number of likely N-dealkylation sites (tertiary alicyclic amines) is 1. The first kappa shape index (κ1) is 20.2. The van der Waals surface area contributed by atoms with E-state index in [1.165, 1.54) is 4.52 Å². The summed E-state index contributed by atoms with van der Waals surface area (Å²) in [5, 5.41) is 3.22. The number of aryl methyl sites for hydroxylation is 1. The third kappa shape index (κ3) is 3.84. The maximum Gasteiger partial charge on any atom is 0.275 e. The van der Waals surface area contributed by atoms with Crippen LogP contribution in [0.4, 0.5) is 0 Å². The molecule has 0 radical (unpaired) electrons. The van der Waals surface area contributed by atoms with E-state index >= 15 is 0 Å². The first-order chi connectivity index (χ1) is 15.0. The monoisotopic (exact) mass is 438 g/mol. The Labute approximate surface area is 184 Å². The maximum absolute atomic E-state index is 13.1. The van der Waals surface area contributed by atoms with Gasteiger partial charge in [0.15, 0.2) is 5.65 Å². The number of aromatic amines is 1. The predicted octanol–water partition coefficient (Wildman–Crippen LogP) is 3.15. The quantitative estimate of drug-likeness (QED) is 0.677. The van der Waals surface area contributed by atoms with Crippen molar-refractivity contribution in [3.8, 4) is 5.75 Å². The molecule has 5 rings (SSSR count). The summed E-state index contributed by atoms with van der Waals surface area (Å²) >= 11 is 1.88. The van der Waals surface area contributed by atoms with Gasteiger partial charge in [0.2, 0.25) is 0 Å². The van der Waals surface area contributed by atoms with Gasteiger partial charge in [0.25, 0.3) is 11.5 Å². The third-order valence-corrected chi connectivity index (χ3v) is 7.48. The molecule has 2 aliphatic rings. The molecule has 0 bridgehead atoms. The molecule has 1 aromatic carbocycles. The highest BCUT2D eigenvalue weighted by atomic mass is 32.2. The van der Waals surface area contributed by atoms with Gasteiger partial charge < -0.3 is 9.64 Å². The molecule has 2 saturated heterocycles. The van der Waals surface area contributed by atoms with Crippen LogP contribution in [0.15, 0.2) is 35.1 Å². The molecule has 3 aromatic rings. The molecule has 0 aliphatic carbocycles. The number of H-pyrrole nitrogens is 1. The number of benzene rings is 1.